The van der Waals surface area contributed by atoms with Crippen LogP contribution in [-0.4, -0.2) is 72.2 Å². The van der Waals surface area contributed by atoms with Gasteiger partial charge in [-0.1, -0.05) is 31.9 Å². The third kappa shape index (κ3) is 8.34. The predicted octanol–water partition coefficient (Wildman–Crippen LogP) is 2.91. The van der Waals surface area contributed by atoms with Crippen molar-refractivity contribution in [3.05, 3.63) is 41.8 Å². The van der Waals surface area contributed by atoms with E-state index in [1.54, 1.807) is 0 Å². The number of hydrogen-bond donors (Lipinski definition) is 2. The van der Waals surface area contributed by atoms with Crippen LogP contribution < -0.4 is 10.6 Å². The van der Waals surface area contributed by atoms with E-state index in [-0.39, 0.29) is 5.91 Å². The lowest BCUT2D eigenvalue weighted by molar-refractivity contribution is 0.0961. The monoisotopic (exact) mass is 421 g/mol. The van der Waals surface area contributed by atoms with Crippen molar-refractivity contribution in [2.45, 2.75) is 33.1 Å². The van der Waals surface area contributed by atoms with Crippen LogP contribution in [0.1, 0.15) is 43.6 Å². The second kappa shape index (κ2) is 13.6. The second-order valence-corrected chi connectivity index (χ2v) is 8.14. The van der Waals surface area contributed by atoms with Crippen molar-refractivity contribution in [2.75, 3.05) is 52.1 Å². The zero-order valence-electron chi connectivity index (χ0n) is 17.9. The topological polar surface area (TPSA) is 73.6 Å². The first-order chi connectivity index (χ1) is 14.2. The van der Waals surface area contributed by atoms with Crippen LogP contribution >= 0.6 is 11.9 Å². The fourth-order valence-electron chi connectivity index (χ4n) is 3.17. The average Bonchev–Trinajstić information content (AvgIpc) is 3.28. The first kappa shape index (κ1) is 23.7. The van der Waals surface area contributed by atoms with Crippen LogP contribution in [0.2, 0.25) is 0 Å². The zero-order chi connectivity index (χ0) is 20.9. The number of carbonyl (C=O) groups excluding carboxylic acids is 1. The fraction of sp³-hybridized carbons (Fsp3) is 0.619. The Morgan fingerprint density at radius 1 is 1.28 bits per heavy atom. The van der Waals surface area contributed by atoms with Crippen molar-refractivity contribution in [1.29, 1.82) is 0 Å². The highest BCUT2D eigenvalue weighted by Crippen LogP contribution is 2.16. The van der Waals surface area contributed by atoms with Gasteiger partial charge in [-0.15, -0.1) is 0 Å². The Kier molecular flexibility index (Phi) is 11.1. The molecule has 1 saturated heterocycles. The summed E-state index contributed by atoms with van der Waals surface area (Å²) in [5.74, 6) is 0.934. The quantitative estimate of drug-likeness (QED) is 0.305. The van der Waals surface area contributed by atoms with Crippen LogP contribution in [-0.2, 0) is 0 Å². The van der Waals surface area contributed by atoms with E-state index in [4.69, 9.17) is 4.42 Å². The van der Waals surface area contributed by atoms with Gasteiger partial charge in [0.05, 0.1) is 0 Å². The number of nitrogens with one attached hydrogen (secondary N) is 2. The molecule has 162 valence electrons. The van der Waals surface area contributed by atoms with E-state index in [1.165, 1.54) is 24.8 Å². The highest BCUT2D eigenvalue weighted by atomic mass is 32.2. The van der Waals surface area contributed by atoms with E-state index in [1.807, 2.05) is 19.0 Å². The van der Waals surface area contributed by atoms with Gasteiger partial charge in [0.15, 0.2) is 12.1 Å². The molecule has 0 unspecified atom stereocenters. The number of allylic oxidation sites excluding steroid dienone is 2. The molecule has 1 fully saturated rings. The van der Waals surface area contributed by atoms with Gasteiger partial charge in [-0.25, -0.2) is 9.29 Å². The molecule has 1 aromatic heterocycles. The maximum Gasteiger partial charge on any atom is 0.277 e. The lowest BCUT2D eigenvalue weighted by atomic mass is 10.1. The van der Waals surface area contributed by atoms with Gasteiger partial charge in [0, 0.05) is 44.2 Å². The fourth-order valence-corrected chi connectivity index (χ4v) is 4.12. The van der Waals surface area contributed by atoms with Gasteiger partial charge in [0.1, 0.15) is 6.26 Å². The Balaban J connectivity index is 1.90. The third-order valence-electron chi connectivity index (χ3n) is 4.82. The summed E-state index contributed by atoms with van der Waals surface area (Å²) in [5.41, 5.74) is 2.33. The largest absolute Gasteiger partial charge is 0.451 e. The summed E-state index contributed by atoms with van der Waals surface area (Å²) in [6.45, 7) is 10.4. The van der Waals surface area contributed by atoms with Crippen LogP contribution in [0, 0.1) is 0 Å². The first-order valence-electron chi connectivity index (χ1n) is 10.5. The molecule has 1 amide bonds. The maximum absolute atomic E-state index is 12.5. The SMILES string of the molecule is CC/C=C(CC)\C(=C/CN1CCN(SCCCNC)CC1)NC(=O)c1cocn1. The van der Waals surface area contributed by atoms with E-state index in [0.29, 0.717) is 5.69 Å². The minimum atomic E-state index is -0.233. The number of rotatable bonds is 12. The molecule has 2 rings (SSSR count). The first-order valence-corrected chi connectivity index (χ1v) is 11.5. The summed E-state index contributed by atoms with van der Waals surface area (Å²) < 4.78 is 7.40. The number of nitrogens with zero attached hydrogens (tertiary/aromatic N) is 3. The zero-order valence-corrected chi connectivity index (χ0v) is 18.8. The number of amides is 1. The van der Waals surface area contributed by atoms with Crippen LogP contribution in [0.15, 0.2) is 40.5 Å². The molecular formula is C21H35N5O2S. The molecule has 0 saturated carbocycles. The minimum Gasteiger partial charge on any atom is -0.451 e. The Morgan fingerprint density at radius 3 is 2.69 bits per heavy atom. The van der Waals surface area contributed by atoms with Crippen LogP contribution in [0.25, 0.3) is 0 Å². The Bertz CT molecular complexity index is 652. The predicted molar refractivity (Wildman–Crippen MR) is 120 cm³/mol. The molecule has 8 heteroatoms. The van der Waals surface area contributed by atoms with Gasteiger partial charge in [0.25, 0.3) is 5.91 Å². The molecule has 2 N–H and O–H groups in total. The summed E-state index contributed by atoms with van der Waals surface area (Å²) >= 11 is 1.96. The summed E-state index contributed by atoms with van der Waals surface area (Å²) in [6.07, 6.45) is 9.96. The summed E-state index contributed by atoms with van der Waals surface area (Å²) in [7, 11) is 2.00. The number of hydrogen-bond acceptors (Lipinski definition) is 7. The van der Waals surface area contributed by atoms with E-state index >= 15 is 0 Å². The molecule has 1 aliphatic rings. The van der Waals surface area contributed by atoms with Crippen LogP contribution in [0.3, 0.4) is 0 Å². The number of carbonyl (C=O) groups is 1. The standard InChI is InChI=1S/C21H35N5O2S/c1-4-7-18(5-2)19(24-21(27)20-16-28-17-23-20)8-10-25-11-13-26(14-12-25)29-15-6-9-22-3/h7-8,16-17,22H,4-6,9-15H2,1-3H3,(H,24,27)/b18-7-,19-8+. The Hall–Kier alpha value is -1.61. The number of oxazole rings is 1. The Morgan fingerprint density at radius 2 is 2.07 bits per heavy atom. The van der Waals surface area contributed by atoms with Crippen molar-refractivity contribution in [1.82, 2.24) is 24.8 Å². The molecule has 0 atom stereocenters. The smallest absolute Gasteiger partial charge is 0.277 e. The molecular weight excluding hydrogens is 386 g/mol. The molecule has 0 aromatic carbocycles. The molecule has 0 bridgehead atoms. The summed E-state index contributed by atoms with van der Waals surface area (Å²) in [4.78, 5) is 18.8. The van der Waals surface area contributed by atoms with Gasteiger partial charge in [0.2, 0.25) is 0 Å². The van der Waals surface area contributed by atoms with E-state index in [9.17, 15) is 4.79 Å². The highest BCUT2D eigenvalue weighted by Gasteiger charge is 2.17. The van der Waals surface area contributed by atoms with Crippen molar-refractivity contribution in [3.63, 3.8) is 0 Å². The summed E-state index contributed by atoms with van der Waals surface area (Å²) in [6, 6.07) is 0. The normalized spacial score (nSPS) is 16.9. The van der Waals surface area contributed by atoms with Crippen molar-refractivity contribution in [3.8, 4) is 0 Å². The minimum absolute atomic E-state index is 0.233. The molecule has 1 aromatic rings. The van der Waals surface area contributed by atoms with Crippen LogP contribution in [0.4, 0.5) is 0 Å². The van der Waals surface area contributed by atoms with Crippen molar-refractivity contribution in [2.24, 2.45) is 0 Å². The van der Waals surface area contributed by atoms with Gasteiger partial charge in [-0.2, -0.15) is 0 Å². The third-order valence-corrected chi connectivity index (χ3v) is 6.02. The van der Waals surface area contributed by atoms with Gasteiger partial charge in [-0.3, -0.25) is 9.69 Å². The molecule has 29 heavy (non-hydrogen) atoms. The number of piperazine rings is 1. The molecule has 7 nitrogen and oxygen atoms in total. The average molecular weight is 422 g/mol. The van der Waals surface area contributed by atoms with Gasteiger partial charge < -0.3 is 15.1 Å². The Labute approximate surface area is 179 Å². The van der Waals surface area contributed by atoms with Crippen LogP contribution in [0.5, 0.6) is 0 Å². The van der Waals surface area contributed by atoms with E-state index in [2.05, 4.69) is 50.8 Å². The maximum atomic E-state index is 12.5. The second-order valence-electron chi connectivity index (χ2n) is 6.96. The lowest BCUT2D eigenvalue weighted by Crippen LogP contribution is -2.43. The molecule has 0 spiro atoms. The lowest BCUT2D eigenvalue weighted by Gasteiger charge is -2.33. The van der Waals surface area contributed by atoms with Gasteiger partial charge >= 0.3 is 0 Å². The van der Waals surface area contributed by atoms with Gasteiger partial charge in [-0.05, 0) is 44.5 Å². The molecule has 1 aliphatic heterocycles. The molecule has 2 heterocycles. The van der Waals surface area contributed by atoms with Crippen molar-refractivity contribution < 1.29 is 9.21 Å². The van der Waals surface area contributed by atoms with E-state index < -0.39 is 0 Å². The highest BCUT2D eigenvalue weighted by molar-refractivity contribution is 7.97. The van der Waals surface area contributed by atoms with Crippen molar-refractivity contribution >= 4 is 17.9 Å². The number of aromatic nitrogens is 1. The summed E-state index contributed by atoms with van der Waals surface area (Å²) in [5, 5.41) is 6.22. The van der Waals surface area contributed by atoms with E-state index in [0.717, 1.165) is 63.4 Å². The molecule has 0 aliphatic carbocycles. The molecule has 0 radical (unpaired) electrons.